The maximum atomic E-state index is 6.35. The molecule has 1 aliphatic rings. The highest BCUT2D eigenvalue weighted by molar-refractivity contribution is 5.07. The van der Waals surface area contributed by atoms with Crippen LogP contribution in [0.15, 0.2) is 12.2 Å². The molecule has 0 amide bonds. The van der Waals surface area contributed by atoms with Crippen molar-refractivity contribution in [3.05, 3.63) is 12.2 Å². The molecule has 1 aliphatic carbocycles. The largest absolute Gasteiger partial charge is 0.324 e. The molecule has 17 heavy (non-hydrogen) atoms. The van der Waals surface area contributed by atoms with Crippen LogP contribution in [0, 0.1) is 11.8 Å². The number of rotatable bonds is 7. The molecule has 1 saturated carbocycles. The average Bonchev–Trinajstić information content (AvgIpc) is 2.34. The first kappa shape index (κ1) is 14.8. The highest BCUT2D eigenvalue weighted by atomic mass is 14.7. The third kappa shape index (κ3) is 5.25. The maximum Gasteiger partial charge on any atom is 0.0279 e. The molecule has 0 radical (unpaired) electrons. The lowest BCUT2D eigenvalue weighted by Gasteiger charge is -2.31. The van der Waals surface area contributed by atoms with E-state index in [0.717, 1.165) is 12.3 Å². The van der Waals surface area contributed by atoms with Gasteiger partial charge in [0.2, 0.25) is 0 Å². The molecule has 0 aromatic heterocycles. The van der Waals surface area contributed by atoms with Crippen LogP contribution in [-0.4, -0.2) is 6.04 Å². The minimum Gasteiger partial charge on any atom is -0.324 e. The van der Waals surface area contributed by atoms with Gasteiger partial charge in [0.05, 0.1) is 0 Å². The van der Waals surface area contributed by atoms with Gasteiger partial charge in [-0.25, -0.2) is 0 Å². The first-order valence-corrected chi connectivity index (χ1v) is 7.58. The Morgan fingerprint density at radius 2 is 1.82 bits per heavy atom. The highest BCUT2D eigenvalue weighted by Gasteiger charge is 2.24. The number of hydrogen-bond donors (Lipinski definition) is 1. The zero-order valence-corrected chi connectivity index (χ0v) is 11.9. The van der Waals surface area contributed by atoms with Gasteiger partial charge in [0.25, 0.3) is 0 Å². The molecule has 0 aromatic carbocycles. The first-order chi connectivity index (χ1) is 8.15. The van der Waals surface area contributed by atoms with Crippen LogP contribution in [0.1, 0.15) is 71.6 Å². The fraction of sp³-hybridized carbons (Fsp3) is 0.875. The summed E-state index contributed by atoms with van der Waals surface area (Å²) in [5.41, 5.74) is 7.66. The smallest absolute Gasteiger partial charge is 0.0279 e. The molecular weight excluding hydrogens is 206 g/mol. The van der Waals surface area contributed by atoms with E-state index in [4.69, 9.17) is 5.73 Å². The van der Waals surface area contributed by atoms with Crippen LogP contribution in [0.5, 0.6) is 0 Å². The quantitative estimate of drug-likeness (QED) is 0.505. The van der Waals surface area contributed by atoms with Gasteiger partial charge in [0, 0.05) is 6.04 Å². The van der Waals surface area contributed by atoms with Crippen molar-refractivity contribution >= 4 is 0 Å². The van der Waals surface area contributed by atoms with Gasteiger partial charge in [-0.1, -0.05) is 58.1 Å². The molecule has 1 fully saturated rings. The van der Waals surface area contributed by atoms with E-state index in [1.165, 1.54) is 56.9 Å². The number of hydrogen-bond acceptors (Lipinski definition) is 1. The normalized spacial score (nSPS) is 26.8. The Morgan fingerprint density at radius 1 is 1.18 bits per heavy atom. The Bertz CT molecular complexity index is 214. The minimum atomic E-state index is 0.268. The fourth-order valence-corrected chi connectivity index (χ4v) is 2.92. The molecule has 1 atom stereocenters. The minimum absolute atomic E-state index is 0.268. The zero-order chi connectivity index (χ0) is 12.7. The third-order valence-electron chi connectivity index (χ3n) is 4.39. The summed E-state index contributed by atoms with van der Waals surface area (Å²) in [4.78, 5) is 0. The van der Waals surface area contributed by atoms with E-state index < -0.39 is 0 Å². The summed E-state index contributed by atoms with van der Waals surface area (Å²) < 4.78 is 0. The van der Waals surface area contributed by atoms with Crippen molar-refractivity contribution in [2.75, 3.05) is 0 Å². The summed E-state index contributed by atoms with van der Waals surface area (Å²) >= 11 is 0. The summed E-state index contributed by atoms with van der Waals surface area (Å²) in [7, 11) is 0. The summed E-state index contributed by atoms with van der Waals surface area (Å²) in [6.07, 6.45) is 11.8. The Balaban J connectivity index is 2.21. The predicted molar refractivity (Wildman–Crippen MR) is 77.0 cm³/mol. The standard InChI is InChI=1S/C16H31N/c1-4-5-6-7-8-14(3)16(17)15-11-9-13(2)10-12-15/h13,15-16H,3-12,17H2,1-2H3. The van der Waals surface area contributed by atoms with Crippen LogP contribution in [0.4, 0.5) is 0 Å². The topological polar surface area (TPSA) is 26.0 Å². The third-order valence-corrected chi connectivity index (χ3v) is 4.39. The van der Waals surface area contributed by atoms with Gasteiger partial charge >= 0.3 is 0 Å². The summed E-state index contributed by atoms with van der Waals surface area (Å²) in [6.45, 7) is 8.84. The second-order valence-electron chi connectivity index (χ2n) is 6.01. The summed E-state index contributed by atoms with van der Waals surface area (Å²) in [5, 5.41) is 0. The lowest BCUT2D eigenvalue weighted by Crippen LogP contribution is -2.34. The lowest BCUT2D eigenvalue weighted by atomic mass is 9.77. The fourth-order valence-electron chi connectivity index (χ4n) is 2.92. The SMILES string of the molecule is C=C(CCCCCC)C(N)C1CCC(C)CC1. The van der Waals surface area contributed by atoms with Crippen LogP contribution in [-0.2, 0) is 0 Å². The van der Waals surface area contributed by atoms with E-state index in [1.54, 1.807) is 0 Å². The summed E-state index contributed by atoms with van der Waals surface area (Å²) in [6, 6.07) is 0.268. The van der Waals surface area contributed by atoms with Gasteiger partial charge in [0.15, 0.2) is 0 Å². The van der Waals surface area contributed by atoms with Gasteiger partial charge in [-0.05, 0) is 37.5 Å². The molecule has 0 aromatic rings. The van der Waals surface area contributed by atoms with Crippen LogP contribution in [0.3, 0.4) is 0 Å². The van der Waals surface area contributed by atoms with Crippen molar-refractivity contribution in [3.8, 4) is 0 Å². The molecule has 1 unspecified atom stereocenters. The first-order valence-electron chi connectivity index (χ1n) is 7.58. The predicted octanol–water partition coefficient (Wildman–Crippen LogP) is 4.67. The lowest BCUT2D eigenvalue weighted by molar-refractivity contribution is 0.266. The van der Waals surface area contributed by atoms with Crippen molar-refractivity contribution in [1.82, 2.24) is 0 Å². The molecule has 0 bridgehead atoms. The summed E-state index contributed by atoms with van der Waals surface area (Å²) in [5.74, 6) is 1.63. The monoisotopic (exact) mass is 237 g/mol. The van der Waals surface area contributed by atoms with E-state index in [0.29, 0.717) is 5.92 Å². The van der Waals surface area contributed by atoms with Crippen molar-refractivity contribution in [1.29, 1.82) is 0 Å². The van der Waals surface area contributed by atoms with Crippen LogP contribution >= 0.6 is 0 Å². The van der Waals surface area contributed by atoms with Gasteiger partial charge in [-0.15, -0.1) is 0 Å². The number of unbranched alkanes of at least 4 members (excludes halogenated alkanes) is 3. The van der Waals surface area contributed by atoms with Crippen LogP contribution in [0.2, 0.25) is 0 Å². The van der Waals surface area contributed by atoms with Gasteiger partial charge in [-0.3, -0.25) is 0 Å². The van der Waals surface area contributed by atoms with Gasteiger partial charge < -0.3 is 5.73 Å². The Kier molecular flexibility index (Phi) is 6.87. The number of nitrogens with two attached hydrogens (primary N) is 1. The van der Waals surface area contributed by atoms with Crippen LogP contribution in [0.25, 0.3) is 0 Å². The maximum absolute atomic E-state index is 6.35. The van der Waals surface area contributed by atoms with E-state index in [9.17, 15) is 0 Å². The molecule has 0 heterocycles. The second kappa shape index (κ2) is 7.92. The molecule has 100 valence electrons. The van der Waals surface area contributed by atoms with E-state index in [-0.39, 0.29) is 6.04 Å². The molecule has 0 aliphatic heterocycles. The van der Waals surface area contributed by atoms with Crippen LogP contribution < -0.4 is 5.73 Å². The molecular formula is C16H31N. The average molecular weight is 237 g/mol. The highest BCUT2D eigenvalue weighted by Crippen LogP contribution is 2.32. The van der Waals surface area contributed by atoms with E-state index in [1.807, 2.05) is 0 Å². The molecule has 0 spiro atoms. The Hall–Kier alpha value is -0.300. The molecule has 1 heteroatoms. The Labute approximate surface area is 108 Å². The van der Waals surface area contributed by atoms with E-state index in [2.05, 4.69) is 20.4 Å². The van der Waals surface area contributed by atoms with E-state index >= 15 is 0 Å². The van der Waals surface area contributed by atoms with Gasteiger partial charge in [-0.2, -0.15) is 0 Å². The Morgan fingerprint density at radius 3 is 2.41 bits per heavy atom. The van der Waals surface area contributed by atoms with Crippen molar-refractivity contribution < 1.29 is 0 Å². The molecule has 1 nitrogen and oxygen atoms in total. The van der Waals surface area contributed by atoms with Gasteiger partial charge in [0.1, 0.15) is 0 Å². The van der Waals surface area contributed by atoms with Crippen molar-refractivity contribution in [2.24, 2.45) is 17.6 Å². The molecule has 0 saturated heterocycles. The van der Waals surface area contributed by atoms with Crippen molar-refractivity contribution in [3.63, 3.8) is 0 Å². The second-order valence-corrected chi connectivity index (χ2v) is 6.01. The zero-order valence-electron chi connectivity index (χ0n) is 11.9. The molecule has 2 N–H and O–H groups in total. The van der Waals surface area contributed by atoms with Crippen molar-refractivity contribution in [2.45, 2.75) is 77.7 Å². The molecule has 1 rings (SSSR count).